The van der Waals surface area contributed by atoms with E-state index in [1.165, 1.54) is 5.56 Å². The summed E-state index contributed by atoms with van der Waals surface area (Å²) in [5.74, 6) is -0.396. The van der Waals surface area contributed by atoms with Crippen LogP contribution in [0.25, 0.3) is 0 Å². The van der Waals surface area contributed by atoms with E-state index in [2.05, 4.69) is 21.7 Å². The number of anilines is 2. The molecular formula is C17H17N3O2. The van der Waals surface area contributed by atoms with Crippen LogP contribution in [0.15, 0.2) is 36.7 Å². The number of amides is 1. The van der Waals surface area contributed by atoms with E-state index < -0.39 is 6.10 Å². The number of benzene rings is 1. The van der Waals surface area contributed by atoms with E-state index in [0.29, 0.717) is 12.1 Å². The molecule has 2 atom stereocenters. The van der Waals surface area contributed by atoms with Crippen molar-refractivity contribution in [3.63, 3.8) is 0 Å². The van der Waals surface area contributed by atoms with E-state index >= 15 is 0 Å². The molecule has 2 aliphatic rings. The molecule has 5 heteroatoms. The first-order valence-electron chi connectivity index (χ1n) is 7.52. The third-order valence-electron chi connectivity index (χ3n) is 4.46. The summed E-state index contributed by atoms with van der Waals surface area (Å²) in [7, 11) is 0. The normalized spacial score (nSPS) is 21.9. The summed E-state index contributed by atoms with van der Waals surface area (Å²) in [6.07, 6.45) is 4.12. The number of aliphatic hydroxyl groups is 1. The van der Waals surface area contributed by atoms with Crippen LogP contribution in [0, 0.1) is 0 Å². The van der Waals surface area contributed by atoms with Gasteiger partial charge in [-0.2, -0.15) is 0 Å². The zero-order valence-electron chi connectivity index (χ0n) is 12.0. The largest absolute Gasteiger partial charge is 0.388 e. The second-order valence-electron chi connectivity index (χ2n) is 5.85. The summed E-state index contributed by atoms with van der Waals surface area (Å²) in [4.78, 5) is 16.6. The Hall–Kier alpha value is -2.40. The first-order valence-corrected chi connectivity index (χ1v) is 7.52. The lowest BCUT2D eigenvalue weighted by Crippen LogP contribution is -2.19. The van der Waals surface area contributed by atoms with Gasteiger partial charge in [0.2, 0.25) is 5.91 Å². The van der Waals surface area contributed by atoms with Crippen LogP contribution in [-0.4, -0.2) is 22.5 Å². The fraction of sp³-hybridized carbons (Fsp3) is 0.294. The number of nitrogens with one attached hydrogen (secondary N) is 2. The number of rotatable bonds is 2. The van der Waals surface area contributed by atoms with Crippen molar-refractivity contribution in [2.24, 2.45) is 0 Å². The molecule has 4 rings (SSSR count). The van der Waals surface area contributed by atoms with Gasteiger partial charge in [-0.25, -0.2) is 0 Å². The SMILES string of the molecule is O=C(Nc1cccnc1)C1CC(O)c2cc3c(cc21)CCN3. The van der Waals surface area contributed by atoms with Gasteiger partial charge in [0.05, 0.1) is 23.9 Å². The highest BCUT2D eigenvalue weighted by Crippen LogP contribution is 2.44. The molecule has 0 saturated heterocycles. The van der Waals surface area contributed by atoms with Crippen LogP contribution in [0.3, 0.4) is 0 Å². The topological polar surface area (TPSA) is 74.2 Å². The van der Waals surface area contributed by atoms with Crippen LogP contribution in [-0.2, 0) is 11.2 Å². The highest BCUT2D eigenvalue weighted by atomic mass is 16.3. The van der Waals surface area contributed by atoms with Crippen molar-refractivity contribution in [2.45, 2.75) is 24.9 Å². The molecule has 0 spiro atoms. The van der Waals surface area contributed by atoms with E-state index in [9.17, 15) is 9.90 Å². The second kappa shape index (κ2) is 5.10. The van der Waals surface area contributed by atoms with Gasteiger partial charge in [-0.15, -0.1) is 0 Å². The van der Waals surface area contributed by atoms with E-state index in [-0.39, 0.29) is 11.8 Å². The van der Waals surface area contributed by atoms with Crippen LogP contribution < -0.4 is 10.6 Å². The number of nitrogens with zero attached hydrogens (tertiary/aromatic N) is 1. The van der Waals surface area contributed by atoms with Gasteiger partial charge in [-0.3, -0.25) is 9.78 Å². The fourth-order valence-electron chi connectivity index (χ4n) is 3.37. The van der Waals surface area contributed by atoms with Crippen molar-refractivity contribution in [1.82, 2.24) is 4.98 Å². The molecule has 22 heavy (non-hydrogen) atoms. The van der Waals surface area contributed by atoms with E-state index in [1.54, 1.807) is 18.5 Å². The minimum absolute atomic E-state index is 0.0864. The number of carbonyl (C=O) groups excluding carboxylic acids is 1. The van der Waals surface area contributed by atoms with Gasteiger partial charge < -0.3 is 15.7 Å². The molecule has 3 N–H and O–H groups in total. The average molecular weight is 295 g/mol. The molecule has 0 fully saturated rings. The Balaban J connectivity index is 1.64. The molecule has 1 aromatic heterocycles. The Morgan fingerprint density at radius 2 is 2.27 bits per heavy atom. The predicted molar refractivity (Wildman–Crippen MR) is 83.8 cm³/mol. The van der Waals surface area contributed by atoms with E-state index in [4.69, 9.17) is 0 Å². The molecule has 1 aliphatic heterocycles. The smallest absolute Gasteiger partial charge is 0.232 e. The fourth-order valence-corrected chi connectivity index (χ4v) is 3.37. The van der Waals surface area contributed by atoms with Gasteiger partial charge in [0.15, 0.2) is 0 Å². The van der Waals surface area contributed by atoms with Gasteiger partial charge in [0, 0.05) is 18.4 Å². The molecule has 1 aromatic carbocycles. The second-order valence-corrected chi connectivity index (χ2v) is 5.85. The highest BCUT2D eigenvalue weighted by molar-refractivity contribution is 5.96. The highest BCUT2D eigenvalue weighted by Gasteiger charge is 2.35. The van der Waals surface area contributed by atoms with Crippen molar-refractivity contribution >= 4 is 17.3 Å². The van der Waals surface area contributed by atoms with Crippen molar-refractivity contribution in [3.05, 3.63) is 53.3 Å². The first-order chi connectivity index (χ1) is 10.7. The summed E-state index contributed by atoms with van der Waals surface area (Å²) < 4.78 is 0. The third-order valence-corrected chi connectivity index (χ3v) is 4.46. The van der Waals surface area contributed by atoms with Crippen LogP contribution in [0.4, 0.5) is 11.4 Å². The lowest BCUT2D eigenvalue weighted by molar-refractivity contribution is -0.117. The Bertz CT molecular complexity index is 730. The lowest BCUT2D eigenvalue weighted by atomic mass is 9.97. The standard InChI is InChI=1S/C17H17N3O2/c21-16-8-14(17(22)20-11-2-1-4-18-9-11)12-6-10-3-5-19-15(10)7-13(12)16/h1-2,4,6-7,9,14,16,19,21H,3,5,8H2,(H,20,22). The number of fused-ring (bicyclic) bond motifs is 2. The molecule has 2 heterocycles. The number of carbonyl (C=O) groups is 1. The summed E-state index contributed by atoms with van der Waals surface area (Å²) in [6.45, 7) is 0.918. The molecule has 0 saturated carbocycles. The molecule has 5 nitrogen and oxygen atoms in total. The predicted octanol–water partition coefficient (Wildman–Crippen LogP) is 2.21. The monoisotopic (exact) mass is 295 g/mol. The van der Waals surface area contributed by atoms with Gasteiger partial charge in [0.25, 0.3) is 0 Å². The quantitative estimate of drug-likeness (QED) is 0.794. The third kappa shape index (κ3) is 2.14. The van der Waals surface area contributed by atoms with Crippen LogP contribution in [0.2, 0.25) is 0 Å². The van der Waals surface area contributed by atoms with Crippen LogP contribution >= 0.6 is 0 Å². The molecule has 0 radical (unpaired) electrons. The molecule has 1 aliphatic carbocycles. The number of pyridine rings is 1. The summed E-state index contributed by atoms with van der Waals surface area (Å²) in [5.41, 5.74) is 4.83. The van der Waals surface area contributed by atoms with Gasteiger partial charge in [-0.05, 0) is 47.7 Å². The van der Waals surface area contributed by atoms with Crippen molar-refractivity contribution in [3.8, 4) is 0 Å². The lowest BCUT2D eigenvalue weighted by Gasteiger charge is -2.13. The van der Waals surface area contributed by atoms with Gasteiger partial charge in [0.1, 0.15) is 0 Å². The summed E-state index contributed by atoms with van der Waals surface area (Å²) in [6, 6.07) is 7.67. The van der Waals surface area contributed by atoms with Gasteiger partial charge >= 0.3 is 0 Å². The van der Waals surface area contributed by atoms with Crippen molar-refractivity contribution in [2.75, 3.05) is 17.2 Å². The Morgan fingerprint density at radius 1 is 1.36 bits per heavy atom. The first kappa shape index (κ1) is 13.3. The number of aromatic nitrogens is 1. The Labute approximate surface area is 128 Å². The minimum Gasteiger partial charge on any atom is -0.388 e. The maximum absolute atomic E-state index is 12.6. The maximum Gasteiger partial charge on any atom is 0.232 e. The average Bonchev–Trinajstić information content (AvgIpc) is 3.11. The van der Waals surface area contributed by atoms with Crippen molar-refractivity contribution < 1.29 is 9.90 Å². The maximum atomic E-state index is 12.6. The molecule has 2 aromatic rings. The van der Waals surface area contributed by atoms with Crippen LogP contribution in [0.5, 0.6) is 0 Å². The molecule has 0 bridgehead atoms. The zero-order chi connectivity index (χ0) is 15.1. The molecule has 1 amide bonds. The summed E-state index contributed by atoms with van der Waals surface area (Å²) in [5, 5.41) is 16.5. The van der Waals surface area contributed by atoms with E-state index in [1.807, 2.05) is 12.1 Å². The molecular weight excluding hydrogens is 278 g/mol. The minimum atomic E-state index is -0.577. The number of hydrogen-bond donors (Lipinski definition) is 3. The molecule has 2 unspecified atom stereocenters. The van der Waals surface area contributed by atoms with Crippen molar-refractivity contribution in [1.29, 1.82) is 0 Å². The number of aliphatic hydroxyl groups excluding tert-OH is 1. The zero-order valence-corrected chi connectivity index (χ0v) is 12.0. The molecule has 112 valence electrons. The van der Waals surface area contributed by atoms with E-state index in [0.717, 1.165) is 29.8 Å². The Morgan fingerprint density at radius 3 is 3.09 bits per heavy atom. The van der Waals surface area contributed by atoms with Gasteiger partial charge in [-0.1, -0.05) is 6.07 Å². The summed E-state index contributed by atoms with van der Waals surface area (Å²) >= 11 is 0. The van der Waals surface area contributed by atoms with Crippen LogP contribution in [0.1, 0.15) is 35.1 Å². The Kier molecular flexibility index (Phi) is 3.08. The number of hydrogen-bond acceptors (Lipinski definition) is 4.